The lowest BCUT2D eigenvalue weighted by Gasteiger charge is -2.39. The van der Waals surface area contributed by atoms with Crippen LogP contribution in [0.4, 0.5) is 0 Å². The van der Waals surface area contributed by atoms with Crippen LogP contribution in [0.3, 0.4) is 0 Å². The van der Waals surface area contributed by atoms with Gasteiger partial charge in [-0.05, 0) is 11.1 Å². The predicted molar refractivity (Wildman–Crippen MR) is 105 cm³/mol. The van der Waals surface area contributed by atoms with Crippen molar-refractivity contribution in [2.45, 2.75) is 25.2 Å². The Labute approximate surface area is 156 Å². The molecule has 2 aliphatic heterocycles. The SMILES string of the molecule is OC1CN(Cc2ccccc2)CC1N1CCN(Cc2ccccc2)CC1. The van der Waals surface area contributed by atoms with Crippen molar-refractivity contribution < 1.29 is 5.11 Å². The Bertz CT molecular complexity index is 670. The van der Waals surface area contributed by atoms with Gasteiger partial charge >= 0.3 is 0 Å². The largest absolute Gasteiger partial charge is 0.390 e. The molecule has 0 amide bonds. The quantitative estimate of drug-likeness (QED) is 0.893. The zero-order valence-corrected chi connectivity index (χ0v) is 15.4. The minimum atomic E-state index is -0.237. The molecule has 2 aliphatic rings. The highest BCUT2D eigenvalue weighted by molar-refractivity contribution is 5.15. The second kappa shape index (κ2) is 8.31. The van der Waals surface area contributed by atoms with Crippen molar-refractivity contribution in [1.29, 1.82) is 0 Å². The number of piperazine rings is 1. The molecule has 4 rings (SSSR count). The van der Waals surface area contributed by atoms with E-state index < -0.39 is 0 Å². The molecule has 1 N–H and O–H groups in total. The van der Waals surface area contributed by atoms with Crippen molar-refractivity contribution in [2.75, 3.05) is 39.3 Å². The summed E-state index contributed by atoms with van der Waals surface area (Å²) in [5, 5.41) is 10.6. The first-order valence-electron chi connectivity index (χ1n) is 9.72. The lowest BCUT2D eigenvalue weighted by Crippen LogP contribution is -2.53. The molecular weight excluding hydrogens is 322 g/mol. The average molecular weight is 351 g/mol. The third-order valence-electron chi connectivity index (χ3n) is 5.71. The van der Waals surface area contributed by atoms with E-state index in [1.54, 1.807) is 0 Å². The Hall–Kier alpha value is -1.72. The van der Waals surface area contributed by atoms with E-state index in [2.05, 4.69) is 75.4 Å². The maximum absolute atomic E-state index is 10.6. The van der Waals surface area contributed by atoms with Gasteiger partial charge in [-0.15, -0.1) is 0 Å². The average Bonchev–Trinajstić information content (AvgIpc) is 3.04. The number of hydrogen-bond donors (Lipinski definition) is 1. The molecule has 138 valence electrons. The first kappa shape index (κ1) is 17.7. The van der Waals surface area contributed by atoms with E-state index in [-0.39, 0.29) is 12.1 Å². The Kier molecular flexibility index (Phi) is 5.65. The van der Waals surface area contributed by atoms with E-state index in [4.69, 9.17) is 0 Å². The molecule has 2 atom stereocenters. The van der Waals surface area contributed by atoms with Crippen molar-refractivity contribution in [3.8, 4) is 0 Å². The third kappa shape index (κ3) is 4.33. The maximum Gasteiger partial charge on any atom is 0.0834 e. The molecule has 2 aromatic rings. The van der Waals surface area contributed by atoms with Gasteiger partial charge in [0.15, 0.2) is 0 Å². The molecule has 0 bridgehead atoms. The lowest BCUT2D eigenvalue weighted by molar-refractivity contribution is 0.0423. The van der Waals surface area contributed by atoms with Gasteiger partial charge in [-0.3, -0.25) is 14.7 Å². The summed E-state index contributed by atoms with van der Waals surface area (Å²) in [5.41, 5.74) is 2.71. The fraction of sp³-hybridized carbons (Fsp3) is 0.455. The maximum atomic E-state index is 10.6. The monoisotopic (exact) mass is 351 g/mol. The number of rotatable bonds is 5. The van der Waals surface area contributed by atoms with Gasteiger partial charge in [0.25, 0.3) is 0 Å². The summed E-state index contributed by atoms with van der Waals surface area (Å²) in [4.78, 5) is 7.41. The van der Waals surface area contributed by atoms with Gasteiger partial charge < -0.3 is 5.11 Å². The van der Waals surface area contributed by atoms with Crippen LogP contribution in [0, 0.1) is 0 Å². The number of nitrogens with zero attached hydrogens (tertiary/aromatic N) is 3. The van der Waals surface area contributed by atoms with Crippen LogP contribution < -0.4 is 0 Å². The van der Waals surface area contributed by atoms with Gasteiger partial charge in [-0.1, -0.05) is 60.7 Å². The van der Waals surface area contributed by atoms with E-state index >= 15 is 0 Å². The van der Waals surface area contributed by atoms with Crippen molar-refractivity contribution in [3.05, 3.63) is 71.8 Å². The highest BCUT2D eigenvalue weighted by Gasteiger charge is 2.36. The molecule has 0 radical (unpaired) electrons. The molecule has 2 fully saturated rings. The second-order valence-electron chi connectivity index (χ2n) is 7.61. The molecule has 4 heteroatoms. The van der Waals surface area contributed by atoms with E-state index in [1.165, 1.54) is 11.1 Å². The molecular formula is C22H29N3O. The van der Waals surface area contributed by atoms with Gasteiger partial charge in [-0.2, -0.15) is 0 Å². The highest BCUT2D eigenvalue weighted by atomic mass is 16.3. The summed E-state index contributed by atoms with van der Waals surface area (Å²) in [5.74, 6) is 0. The van der Waals surface area contributed by atoms with Gasteiger partial charge in [0.1, 0.15) is 0 Å². The molecule has 0 spiro atoms. The van der Waals surface area contributed by atoms with Crippen molar-refractivity contribution in [2.24, 2.45) is 0 Å². The summed E-state index contributed by atoms with van der Waals surface area (Å²) >= 11 is 0. The fourth-order valence-electron chi connectivity index (χ4n) is 4.27. The molecule has 0 saturated carbocycles. The molecule has 26 heavy (non-hydrogen) atoms. The Morgan fingerprint density at radius 2 is 1.23 bits per heavy atom. The fourth-order valence-corrected chi connectivity index (χ4v) is 4.27. The molecule has 0 aliphatic carbocycles. The number of hydrogen-bond acceptors (Lipinski definition) is 4. The first-order chi connectivity index (χ1) is 12.8. The van der Waals surface area contributed by atoms with Crippen molar-refractivity contribution in [3.63, 3.8) is 0 Å². The normalized spacial score (nSPS) is 25.6. The number of aliphatic hydroxyl groups excluding tert-OH is 1. The van der Waals surface area contributed by atoms with E-state index in [0.717, 1.165) is 52.4 Å². The zero-order valence-electron chi connectivity index (χ0n) is 15.4. The zero-order chi connectivity index (χ0) is 17.8. The third-order valence-corrected chi connectivity index (χ3v) is 5.71. The summed E-state index contributed by atoms with van der Waals surface area (Å²) < 4.78 is 0. The van der Waals surface area contributed by atoms with Crippen LogP contribution >= 0.6 is 0 Å². The number of β-amino-alcohol motifs (C(OH)–C–C–N with tert-alkyl or cyclic N) is 1. The smallest absolute Gasteiger partial charge is 0.0834 e. The Balaban J connectivity index is 1.27. The number of likely N-dealkylation sites (tertiary alicyclic amines) is 1. The number of aliphatic hydroxyl groups is 1. The molecule has 2 unspecified atom stereocenters. The van der Waals surface area contributed by atoms with Crippen LogP contribution in [0.5, 0.6) is 0 Å². The minimum absolute atomic E-state index is 0.237. The Morgan fingerprint density at radius 3 is 1.81 bits per heavy atom. The lowest BCUT2D eigenvalue weighted by atomic mass is 10.1. The van der Waals surface area contributed by atoms with Crippen LogP contribution in [0.25, 0.3) is 0 Å². The van der Waals surface area contributed by atoms with Crippen LogP contribution in [0.1, 0.15) is 11.1 Å². The van der Waals surface area contributed by atoms with Gasteiger partial charge in [0.05, 0.1) is 6.10 Å². The van der Waals surface area contributed by atoms with E-state index in [9.17, 15) is 5.11 Å². The molecule has 0 aromatic heterocycles. The van der Waals surface area contributed by atoms with E-state index in [0.29, 0.717) is 0 Å². The summed E-state index contributed by atoms with van der Waals surface area (Å²) in [6.45, 7) is 7.97. The van der Waals surface area contributed by atoms with Gasteiger partial charge in [-0.25, -0.2) is 0 Å². The predicted octanol–water partition coefficient (Wildman–Crippen LogP) is 2.05. The molecule has 2 saturated heterocycles. The molecule has 2 aromatic carbocycles. The summed E-state index contributed by atoms with van der Waals surface area (Å²) in [7, 11) is 0. The van der Waals surface area contributed by atoms with Crippen LogP contribution in [-0.2, 0) is 13.1 Å². The van der Waals surface area contributed by atoms with Crippen LogP contribution in [-0.4, -0.2) is 71.2 Å². The topological polar surface area (TPSA) is 30.0 Å². The van der Waals surface area contributed by atoms with Crippen LogP contribution in [0.2, 0.25) is 0 Å². The summed E-state index contributed by atoms with van der Waals surface area (Å²) in [6, 6.07) is 21.6. The van der Waals surface area contributed by atoms with Gasteiger partial charge in [0, 0.05) is 58.4 Å². The van der Waals surface area contributed by atoms with E-state index in [1.807, 2.05) is 0 Å². The first-order valence-corrected chi connectivity index (χ1v) is 9.72. The standard InChI is InChI=1S/C22H29N3O/c26-22-18-24(16-20-9-5-2-6-10-20)17-21(22)25-13-11-23(12-14-25)15-19-7-3-1-4-8-19/h1-10,21-22,26H,11-18H2. The number of benzene rings is 2. The molecule has 2 heterocycles. The minimum Gasteiger partial charge on any atom is -0.390 e. The second-order valence-corrected chi connectivity index (χ2v) is 7.61. The summed E-state index contributed by atoms with van der Waals surface area (Å²) in [6.07, 6.45) is -0.237. The van der Waals surface area contributed by atoms with Crippen LogP contribution in [0.15, 0.2) is 60.7 Å². The molecule has 4 nitrogen and oxygen atoms in total. The van der Waals surface area contributed by atoms with Gasteiger partial charge in [0.2, 0.25) is 0 Å². The Morgan fingerprint density at radius 1 is 0.692 bits per heavy atom. The van der Waals surface area contributed by atoms with Crippen molar-refractivity contribution >= 4 is 0 Å². The highest BCUT2D eigenvalue weighted by Crippen LogP contribution is 2.20. The van der Waals surface area contributed by atoms with Crippen molar-refractivity contribution in [1.82, 2.24) is 14.7 Å².